The van der Waals surface area contributed by atoms with Gasteiger partial charge in [0.2, 0.25) is 5.91 Å². The molecule has 0 saturated carbocycles. The van der Waals surface area contributed by atoms with Crippen LogP contribution in [-0.4, -0.2) is 31.7 Å². The summed E-state index contributed by atoms with van der Waals surface area (Å²) in [4.78, 5) is 34.8. The minimum absolute atomic E-state index is 0.136. The number of aromatic amines is 1. The first kappa shape index (κ1) is 17.5. The van der Waals surface area contributed by atoms with Crippen LogP contribution in [0.4, 0.5) is 0 Å². The lowest BCUT2D eigenvalue weighted by Crippen LogP contribution is -2.05. The second-order valence-corrected chi connectivity index (χ2v) is 5.97. The van der Waals surface area contributed by atoms with E-state index in [9.17, 15) is 14.7 Å². The number of hydrogen-bond donors (Lipinski definition) is 3. The number of fused-ring (bicyclic) bond motifs is 1. The minimum Gasteiger partial charge on any atom is -0.389 e. The third kappa shape index (κ3) is 3.38. The zero-order chi connectivity index (χ0) is 18.8. The van der Waals surface area contributed by atoms with Crippen LogP contribution in [0.2, 0.25) is 0 Å². The Labute approximate surface area is 149 Å². The molecule has 0 fully saturated rings. The lowest BCUT2D eigenvalue weighted by atomic mass is 9.97. The van der Waals surface area contributed by atoms with Crippen molar-refractivity contribution in [2.75, 3.05) is 0 Å². The third-order valence-electron chi connectivity index (χ3n) is 4.02. The van der Waals surface area contributed by atoms with Gasteiger partial charge in [0, 0.05) is 29.0 Å². The number of benzene rings is 1. The van der Waals surface area contributed by atoms with Gasteiger partial charge < -0.3 is 15.8 Å². The Morgan fingerprint density at radius 3 is 2.77 bits per heavy atom. The molecule has 132 valence electrons. The number of H-pyrrole nitrogens is 1. The van der Waals surface area contributed by atoms with Gasteiger partial charge >= 0.3 is 0 Å². The number of aliphatic hydroxyl groups excluding tert-OH is 1. The minimum atomic E-state index is -0.744. The second-order valence-electron chi connectivity index (χ2n) is 5.97. The van der Waals surface area contributed by atoms with Gasteiger partial charge in [-0.25, -0.2) is 9.97 Å². The normalized spacial score (nSPS) is 12.6. The Balaban J connectivity index is 2.10. The summed E-state index contributed by atoms with van der Waals surface area (Å²) < 4.78 is 0. The number of aliphatic hydroxyl groups is 1. The van der Waals surface area contributed by atoms with Gasteiger partial charge in [0.05, 0.1) is 18.0 Å². The van der Waals surface area contributed by atoms with E-state index < -0.39 is 12.0 Å². The molecule has 7 heteroatoms. The molecule has 4 N–H and O–H groups in total. The number of amides is 1. The molecule has 0 aliphatic rings. The number of nitrogens with zero attached hydrogens (tertiary/aromatic N) is 2. The Bertz CT molecular complexity index is 1030. The zero-order valence-electron chi connectivity index (χ0n) is 14.4. The smallest absolute Gasteiger partial charge is 0.241 e. The maximum absolute atomic E-state index is 11.9. The highest BCUT2D eigenvalue weighted by Crippen LogP contribution is 2.26. The first-order valence-corrected chi connectivity index (χ1v) is 8.01. The van der Waals surface area contributed by atoms with E-state index in [1.54, 1.807) is 43.6 Å². The summed E-state index contributed by atoms with van der Waals surface area (Å²) >= 11 is 0. The molecule has 26 heavy (non-hydrogen) atoms. The third-order valence-corrected chi connectivity index (χ3v) is 4.02. The van der Waals surface area contributed by atoms with Crippen molar-refractivity contribution in [3.05, 3.63) is 53.4 Å². The van der Waals surface area contributed by atoms with Crippen molar-refractivity contribution in [1.29, 1.82) is 0 Å². The van der Waals surface area contributed by atoms with Crippen LogP contribution in [0.1, 0.15) is 41.4 Å². The number of primary amides is 1. The Morgan fingerprint density at radius 2 is 2.12 bits per heavy atom. The average Bonchev–Trinajstić information content (AvgIpc) is 3.01. The molecule has 2 aromatic heterocycles. The van der Waals surface area contributed by atoms with Gasteiger partial charge in [0.1, 0.15) is 5.52 Å². The lowest BCUT2D eigenvalue weighted by molar-refractivity contribution is -0.113. The number of ketones is 1. The highest BCUT2D eigenvalue weighted by atomic mass is 16.3. The van der Waals surface area contributed by atoms with Crippen molar-refractivity contribution < 1.29 is 14.7 Å². The van der Waals surface area contributed by atoms with Crippen molar-refractivity contribution in [1.82, 2.24) is 15.0 Å². The maximum atomic E-state index is 11.9. The Kier molecular flexibility index (Phi) is 4.64. The highest BCUT2D eigenvalue weighted by molar-refractivity contribution is 5.97. The SMILES string of the molecule is CC(=O)c1cc(-c2cnc3[nH]cc(C=CC(N)=O)c3n2)ccc1[C@@H](C)O. The summed E-state index contributed by atoms with van der Waals surface area (Å²) in [6.07, 6.45) is 5.36. The summed E-state index contributed by atoms with van der Waals surface area (Å²) in [6, 6.07) is 5.20. The van der Waals surface area contributed by atoms with Crippen molar-refractivity contribution in [3.8, 4) is 11.3 Å². The molecule has 2 heterocycles. The van der Waals surface area contributed by atoms with E-state index in [4.69, 9.17) is 5.73 Å². The van der Waals surface area contributed by atoms with Gasteiger partial charge in [-0.2, -0.15) is 0 Å². The highest BCUT2D eigenvalue weighted by Gasteiger charge is 2.14. The average molecular weight is 350 g/mol. The predicted octanol–water partition coefficient (Wildman–Crippen LogP) is 2.38. The molecule has 1 amide bonds. The fourth-order valence-corrected chi connectivity index (χ4v) is 2.73. The van der Waals surface area contributed by atoms with Gasteiger partial charge in [-0.05, 0) is 31.6 Å². The molecular weight excluding hydrogens is 332 g/mol. The van der Waals surface area contributed by atoms with Crippen LogP contribution in [0.25, 0.3) is 28.5 Å². The number of nitrogens with one attached hydrogen (secondary N) is 1. The zero-order valence-corrected chi connectivity index (χ0v) is 14.4. The summed E-state index contributed by atoms with van der Waals surface area (Å²) in [6.45, 7) is 3.07. The molecule has 0 unspecified atom stereocenters. The number of nitrogens with two attached hydrogens (primary N) is 1. The van der Waals surface area contributed by atoms with Crippen LogP contribution in [0.3, 0.4) is 0 Å². The quantitative estimate of drug-likeness (QED) is 0.482. The molecule has 0 bridgehead atoms. The van der Waals surface area contributed by atoms with Gasteiger partial charge in [-0.3, -0.25) is 9.59 Å². The van der Waals surface area contributed by atoms with Crippen molar-refractivity contribution in [2.24, 2.45) is 5.73 Å². The fourth-order valence-electron chi connectivity index (χ4n) is 2.73. The van der Waals surface area contributed by atoms with E-state index in [0.717, 1.165) is 0 Å². The predicted molar refractivity (Wildman–Crippen MR) is 98.2 cm³/mol. The standard InChI is InChI=1S/C19H18N4O3/c1-10(24)14-5-3-12(7-15(14)11(2)25)16-9-22-19-18(23-16)13(8-21-19)4-6-17(20)26/h3-10,24H,1-2H3,(H2,20,26)(H,21,22)/t10-/m1/s1. The molecule has 1 atom stereocenters. The molecular formula is C19H18N4O3. The van der Waals surface area contributed by atoms with E-state index in [1.165, 1.54) is 13.0 Å². The molecule has 0 aliphatic carbocycles. The van der Waals surface area contributed by atoms with Crippen LogP contribution in [0.15, 0.2) is 36.7 Å². The van der Waals surface area contributed by atoms with Crippen molar-refractivity contribution in [2.45, 2.75) is 20.0 Å². The molecule has 0 saturated heterocycles. The van der Waals surface area contributed by atoms with E-state index in [-0.39, 0.29) is 5.78 Å². The number of hydrogen-bond acceptors (Lipinski definition) is 5. The molecule has 0 spiro atoms. The number of carbonyl (C=O) groups excluding carboxylic acids is 2. The molecule has 3 rings (SSSR count). The molecule has 1 aromatic carbocycles. The summed E-state index contributed by atoms with van der Waals surface area (Å²) in [5, 5.41) is 9.84. The van der Waals surface area contributed by atoms with E-state index in [0.29, 0.717) is 39.1 Å². The molecule has 3 aromatic rings. The van der Waals surface area contributed by atoms with Crippen molar-refractivity contribution >= 4 is 28.9 Å². The van der Waals surface area contributed by atoms with Gasteiger partial charge in [0.15, 0.2) is 11.4 Å². The van der Waals surface area contributed by atoms with E-state index >= 15 is 0 Å². The van der Waals surface area contributed by atoms with Crippen LogP contribution in [-0.2, 0) is 4.79 Å². The van der Waals surface area contributed by atoms with Gasteiger partial charge in [0.25, 0.3) is 0 Å². The molecule has 0 aliphatic heterocycles. The van der Waals surface area contributed by atoms with Crippen LogP contribution in [0, 0.1) is 0 Å². The number of Topliss-reactive ketones (excluding diaryl/α,β-unsaturated/α-hetero) is 1. The number of rotatable bonds is 5. The molecule has 0 radical (unpaired) electrons. The summed E-state index contributed by atoms with van der Waals surface area (Å²) in [7, 11) is 0. The largest absolute Gasteiger partial charge is 0.389 e. The maximum Gasteiger partial charge on any atom is 0.241 e. The molecule has 7 nitrogen and oxygen atoms in total. The van der Waals surface area contributed by atoms with Crippen molar-refractivity contribution in [3.63, 3.8) is 0 Å². The lowest BCUT2D eigenvalue weighted by Gasteiger charge is -2.11. The number of carbonyl (C=O) groups is 2. The van der Waals surface area contributed by atoms with Gasteiger partial charge in [-0.1, -0.05) is 12.1 Å². The monoisotopic (exact) mass is 350 g/mol. The second kappa shape index (κ2) is 6.89. The number of aromatic nitrogens is 3. The van der Waals surface area contributed by atoms with Gasteiger partial charge in [-0.15, -0.1) is 0 Å². The van der Waals surface area contributed by atoms with Crippen LogP contribution >= 0.6 is 0 Å². The van der Waals surface area contributed by atoms with E-state index in [1.807, 2.05) is 0 Å². The summed E-state index contributed by atoms with van der Waals surface area (Å²) in [5.41, 5.74) is 9.28. The first-order chi connectivity index (χ1) is 12.4. The summed E-state index contributed by atoms with van der Waals surface area (Å²) in [5.74, 6) is -0.688. The van der Waals surface area contributed by atoms with Crippen LogP contribution in [0.5, 0.6) is 0 Å². The van der Waals surface area contributed by atoms with E-state index in [2.05, 4.69) is 15.0 Å². The first-order valence-electron chi connectivity index (χ1n) is 8.01. The van der Waals surface area contributed by atoms with Crippen LogP contribution < -0.4 is 5.73 Å². The Hall–Kier alpha value is -3.32. The Morgan fingerprint density at radius 1 is 1.35 bits per heavy atom. The fraction of sp³-hybridized carbons (Fsp3) is 0.158. The topological polar surface area (TPSA) is 122 Å².